The van der Waals surface area contributed by atoms with Crippen LogP contribution in [-0.4, -0.2) is 17.6 Å². The Morgan fingerprint density at radius 1 is 1.47 bits per heavy atom. The standard InChI is InChI=1S/C12H15N3OS/c1-8(2)7-14-12(17)15-10-6-4-3-5-9(10)11(13)16/h3-6H,1,7H2,2H3,(H2,13,16)(H2,14,15,17). The number of benzene rings is 1. The summed E-state index contributed by atoms with van der Waals surface area (Å²) in [6, 6.07) is 6.94. The van der Waals surface area contributed by atoms with Crippen molar-refractivity contribution >= 4 is 28.9 Å². The van der Waals surface area contributed by atoms with Crippen molar-refractivity contribution in [3.05, 3.63) is 42.0 Å². The number of para-hydroxylation sites is 1. The van der Waals surface area contributed by atoms with E-state index in [1.165, 1.54) is 0 Å². The number of carbonyl (C=O) groups is 1. The minimum absolute atomic E-state index is 0.409. The van der Waals surface area contributed by atoms with Crippen LogP contribution in [0.2, 0.25) is 0 Å². The Morgan fingerprint density at radius 3 is 2.71 bits per heavy atom. The molecule has 0 aliphatic rings. The molecule has 1 aromatic rings. The van der Waals surface area contributed by atoms with Gasteiger partial charge in [-0.25, -0.2) is 0 Å². The van der Waals surface area contributed by atoms with Crippen molar-refractivity contribution in [3.8, 4) is 0 Å². The zero-order valence-corrected chi connectivity index (χ0v) is 10.4. The molecule has 0 saturated heterocycles. The molecule has 4 nitrogen and oxygen atoms in total. The third-order valence-electron chi connectivity index (χ3n) is 1.99. The average molecular weight is 249 g/mol. The van der Waals surface area contributed by atoms with Gasteiger partial charge in [-0.15, -0.1) is 0 Å². The third kappa shape index (κ3) is 4.24. The molecule has 0 saturated carbocycles. The van der Waals surface area contributed by atoms with Gasteiger partial charge in [0.1, 0.15) is 0 Å². The summed E-state index contributed by atoms with van der Waals surface area (Å²) < 4.78 is 0. The van der Waals surface area contributed by atoms with Crippen LogP contribution in [0.1, 0.15) is 17.3 Å². The normalized spacial score (nSPS) is 9.47. The highest BCUT2D eigenvalue weighted by Crippen LogP contribution is 2.13. The van der Waals surface area contributed by atoms with Gasteiger partial charge in [0.05, 0.1) is 11.3 Å². The lowest BCUT2D eigenvalue weighted by Gasteiger charge is -2.12. The van der Waals surface area contributed by atoms with Crippen LogP contribution in [0.25, 0.3) is 0 Å². The molecule has 17 heavy (non-hydrogen) atoms. The van der Waals surface area contributed by atoms with Crippen LogP contribution in [0.3, 0.4) is 0 Å². The fourth-order valence-corrected chi connectivity index (χ4v) is 1.39. The van der Waals surface area contributed by atoms with Gasteiger partial charge in [-0.3, -0.25) is 4.79 Å². The zero-order chi connectivity index (χ0) is 12.8. The van der Waals surface area contributed by atoms with Gasteiger partial charge in [-0.2, -0.15) is 0 Å². The first kappa shape index (κ1) is 13.2. The molecule has 0 bridgehead atoms. The molecule has 1 amide bonds. The summed E-state index contributed by atoms with van der Waals surface area (Å²) in [6.07, 6.45) is 0. The average Bonchev–Trinajstić information content (AvgIpc) is 2.27. The molecular weight excluding hydrogens is 234 g/mol. The Labute approximate surface area is 106 Å². The van der Waals surface area contributed by atoms with Crippen molar-refractivity contribution in [1.29, 1.82) is 0 Å². The molecule has 90 valence electrons. The number of carbonyl (C=O) groups excluding carboxylic acids is 1. The van der Waals surface area contributed by atoms with E-state index >= 15 is 0 Å². The van der Waals surface area contributed by atoms with E-state index in [9.17, 15) is 4.79 Å². The van der Waals surface area contributed by atoms with Gasteiger partial charge < -0.3 is 16.4 Å². The summed E-state index contributed by atoms with van der Waals surface area (Å²) >= 11 is 5.09. The van der Waals surface area contributed by atoms with Crippen LogP contribution in [0.15, 0.2) is 36.4 Å². The van der Waals surface area contributed by atoms with E-state index < -0.39 is 5.91 Å². The first-order chi connectivity index (χ1) is 8.00. The van der Waals surface area contributed by atoms with Gasteiger partial charge in [0.25, 0.3) is 5.91 Å². The number of hydrogen-bond acceptors (Lipinski definition) is 2. The second-order valence-electron chi connectivity index (χ2n) is 3.67. The smallest absolute Gasteiger partial charge is 0.250 e. The maximum Gasteiger partial charge on any atom is 0.250 e. The highest BCUT2D eigenvalue weighted by molar-refractivity contribution is 7.80. The molecular formula is C12H15N3OS. The van der Waals surface area contributed by atoms with Crippen LogP contribution < -0.4 is 16.4 Å². The van der Waals surface area contributed by atoms with Crippen LogP contribution in [-0.2, 0) is 0 Å². The predicted octanol–water partition coefficient (Wildman–Crippen LogP) is 1.65. The lowest BCUT2D eigenvalue weighted by molar-refractivity contribution is 0.100. The summed E-state index contributed by atoms with van der Waals surface area (Å²) in [5.74, 6) is -0.490. The van der Waals surface area contributed by atoms with E-state index in [-0.39, 0.29) is 0 Å². The van der Waals surface area contributed by atoms with Crippen LogP contribution in [0.4, 0.5) is 5.69 Å². The van der Waals surface area contributed by atoms with Gasteiger partial charge in [-0.1, -0.05) is 24.3 Å². The molecule has 0 heterocycles. The Hall–Kier alpha value is -1.88. The molecule has 0 fully saturated rings. The number of nitrogens with two attached hydrogens (primary N) is 1. The Kier molecular flexibility index (Phi) is 4.66. The first-order valence-electron chi connectivity index (χ1n) is 5.08. The summed E-state index contributed by atoms with van der Waals surface area (Å²) in [7, 11) is 0. The van der Waals surface area contributed by atoms with Gasteiger partial charge >= 0.3 is 0 Å². The molecule has 1 rings (SSSR count). The number of anilines is 1. The topological polar surface area (TPSA) is 67.2 Å². The van der Waals surface area contributed by atoms with E-state index in [1.807, 2.05) is 6.92 Å². The number of thiocarbonyl (C=S) groups is 1. The summed E-state index contributed by atoms with van der Waals surface area (Å²) in [6.45, 7) is 6.24. The van der Waals surface area contributed by atoms with E-state index in [0.29, 0.717) is 22.9 Å². The third-order valence-corrected chi connectivity index (χ3v) is 2.24. The maximum atomic E-state index is 11.2. The minimum Gasteiger partial charge on any atom is -0.366 e. The molecule has 0 aliphatic heterocycles. The minimum atomic E-state index is -0.490. The summed E-state index contributed by atoms with van der Waals surface area (Å²) in [5, 5.41) is 6.32. The van der Waals surface area contributed by atoms with Crippen molar-refractivity contribution in [2.24, 2.45) is 5.73 Å². The predicted molar refractivity (Wildman–Crippen MR) is 74.0 cm³/mol. The Morgan fingerprint density at radius 2 is 2.12 bits per heavy atom. The molecule has 4 N–H and O–H groups in total. The molecule has 0 spiro atoms. The van der Waals surface area contributed by atoms with E-state index in [2.05, 4.69) is 17.2 Å². The van der Waals surface area contributed by atoms with E-state index in [4.69, 9.17) is 18.0 Å². The quantitative estimate of drug-likeness (QED) is 0.560. The van der Waals surface area contributed by atoms with Gasteiger partial charge in [0.15, 0.2) is 5.11 Å². The number of hydrogen-bond donors (Lipinski definition) is 3. The Balaban J connectivity index is 2.71. The van der Waals surface area contributed by atoms with Crippen LogP contribution >= 0.6 is 12.2 Å². The van der Waals surface area contributed by atoms with Gasteiger partial charge in [0.2, 0.25) is 0 Å². The molecule has 1 aromatic carbocycles. The highest BCUT2D eigenvalue weighted by atomic mass is 32.1. The fourth-order valence-electron chi connectivity index (χ4n) is 1.20. The van der Waals surface area contributed by atoms with Crippen molar-refractivity contribution in [2.75, 3.05) is 11.9 Å². The molecule has 0 aromatic heterocycles. The monoisotopic (exact) mass is 249 g/mol. The van der Waals surface area contributed by atoms with Crippen molar-refractivity contribution in [3.63, 3.8) is 0 Å². The van der Waals surface area contributed by atoms with E-state index in [0.717, 1.165) is 5.57 Å². The van der Waals surface area contributed by atoms with Gasteiger partial charge in [-0.05, 0) is 31.3 Å². The number of primary amides is 1. The number of amides is 1. The SMILES string of the molecule is C=C(C)CNC(=S)Nc1ccccc1C(N)=O. The second-order valence-corrected chi connectivity index (χ2v) is 4.08. The fraction of sp³-hybridized carbons (Fsp3) is 0.167. The van der Waals surface area contributed by atoms with Crippen molar-refractivity contribution in [1.82, 2.24) is 5.32 Å². The number of rotatable bonds is 4. The largest absolute Gasteiger partial charge is 0.366 e. The van der Waals surface area contributed by atoms with Crippen LogP contribution in [0.5, 0.6) is 0 Å². The summed E-state index contributed by atoms with van der Waals surface area (Å²) in [5.41, 5.74) is 7.23. The van der Waals surface area contributed by atoms with E-state index in [1.54, 1.807) is 24.3 Å². The first-order valence-corrected chi connectivity index (χ1v) is 5.49. The molecule has 5 heteroatoms. The lowest BCUT2D eigenvalue weighted by Crippen LogP contribution is -2.30. The lowest BCUT2D eigenvalue weighted by atomic mass is 10.1. The van der Waals surface area contributed by atoms with Gasteiger partial charge in [0, 0.05) is 6.54 Å². The maximum absolute atomic E-state index is 11.2. The molecule has 0 radical (unpaired) electrons. The second kappa shape index (κ2) is 6.00. The zero-order valence-electron chi connectivity index (χ0n) is 9.62. The van der Waals surface area contributed by atoms with Crippen LogP contribution in [0, 0.1) is 0 Å². The Bertz CT molecular complexity index is 457. The van der Waals surface area contributed by atoms with Crippen molar-refractivity contribution in [2.45, 2.75) is 6.92 Å². The summed E-state index contributed by atoms with van der Waals surface area (Å²) in [4.78, 5) is 11.2. The molecule has 0 aliphatic carbocycles. The highest BCUT2D eigenvalue weighted by Gasteiger charge is 2.07. The van der Waals surface area contributed by atoms with Crippen molar-refractivity contribution < 1.29 is 4.79 Å². The molecule has 0 unspecified atom stereocenters. The number of nitrogens with one attached hydrogen (secondary N) is 2. The molecule has 0 atom stereocenters.